The summed E-state index contributed by atoms with van der Waals surface area (Å²) in [5, 5.41) is -1.28. The fourth-order valence-electron chi connectivity index (χ4n) is 3.45. The maximum absolute atomic E-state index is 11.5. The molecule has 0 saturated heterocycles. The van der Waals surface area contributed by atoms with Crippen molar-refractivity contribution >= 4 is 33.7 Å². The van der Waals surface area contributed by atoms with Gasteiger partial charge in [-0.05, 0) is 77.8 Å². The van der Waals surface area contributed by atoms with E-state index >= 15 is 0 Å². The van der Waals surface area contributed by atoms with Gasteiger partial charge in [0.05, 0.1) is 45.6 Å². The number of carbonyl (C=O) groups is 2. The van der Waals surface area contributed by atoms with Crippen molar-refractivity contribution in [2.24, 2.45) is 0 Å². The maximum Gasteiger partial charge on any atom is 0.270 e. The molecule has 8 nitrogen and oxygen atoms in total. The summed E-state index contributed by atoms with van der Waals surface area (Å²) in [6.45, 7) is 0. The Kier molecular flexibility index (Phi) is 6.53. The van der Waals surface area contributed by atoms with Crippen LogP contribution in [0.15, 0.2) is 85.2 Å². The second-order valence-corrected chi connectivity index (χ2v) is 8.15. The van der Waals surface area contributed by atoms with Crippen LogP contribution in [0.5, 0.6) is 0 Å². The van der Waals surface area contributed by atoms with Crippen molar-refractivity contribution in [1.29, 1.82) is 0 Å². The van der Waals surface area contributed by atoms with E-state index in [1.807, 2.05) is 24.3 Å². The molecular weight excluding hydrogens is 499 g/mol. The number of halogens is 2. The molecule has 5 aromatic heterocycles. The third-order valence-electron chi connectivity index (χ3n) is 5.12. The van der Waals surface area contributed by atoms with E-state index in [1.54, 1.807) is 54.6 Å². The molecule has 0 aliphatic carbocycles. The SMILES string of the molecule is O=C(Cl)c1cccc(-c2cccc(-c3cc(-c4cccc(-c5cccc(C(=O)Cl)n5)n4)ncn3)n2)n1. The highest BCUT2D eigenvalue weighted by Crippen LogP contribution is 2.25. The van der Waals surface area contributed by atoms with Crippen LogP contribution < -0.4 is 0 Å². The lowest BCUT2D eigenvalue weighted by atomic mass is 10.1. The summed E-state index contributed by atoms with van der Waals surface area (Å²) in [6, 6.07) is 22.6. The Bertz CT molecular complexity index is 1510. The highest BCUT2D eigenvalue weighted by Gasteiger charge is 2.12. The van der Waals surface area contributed by atoms with E-state index < -0.39 is 10.5 Å². The molecule has 5 aromatic rings. The maximum atomic E-state index is 11.5. The van der Waals surface area contributed by atoms with Crippen LogP contribution in [0.3, 0.4) is 0 Å². The third kappa shape index (κ3) is 5.00. The van der Waals surface area contributed by atoms with E-state index in [2.05, 4.69) is 29.9 Å². The van der Waals surface area contributed by atoms with Gasteiger partial charge in [0.25, 0.3) is 10.5 Å². The summed E-state index contributed by atoms with van der Waals surface area (Å²) in [7, 11) is 0. The molecule has 0 radical (unpaired) electrons. The van der Waals surface area contributed by atoms with Gasteiger partial charge in [-0.3, -0.25) is 9.59 Å². The van der Waals surface area contributed by atoms with Gasteiger partial charge in [0.1, 0.15) is 17.7 Å². The molecule has 0 fully saturated rings. The van der Waals surface area contributed by atoms with E-state index in [1.165, 1.54) is 6.33 Å². The number of carbonyl (C=O) groups excluding carboxylic acids is 2. The summed E-state index contributed by atoms with van der Waals surface area (Å²) < 4.78 is 0. The predicted octanol–water partition coefficient (Wildman–Crippen LogP) is 5.48. The number of hydrogen-bond donors (Lipinski definition) is 0. The Balaban J connectivity index is 1.49. The van der Waals surface area contributed by atoms with Crippen LogP contribution in [-0.4, -0.2) is 40.4 Å². The zero-order chi connectivity index (χ0) is 25.1. The first-order chi connectivity index (χ1) is 17.5. The standard InChI is InChI=1S/C26H14Cl2N6O2/c27-25(35)21-11-3-7-17(33-21)15-5-1-9-19(31-15)23-13-24(30-14-29-23)20-10-2-6-16(32-20)18-8-4-12-22(34-18)26(28)36/h1-14H. The summed E-state index contributed by atoms with van der Waals surface area (Å²) >= 11 is 11.1. The molecule has 10 heteroatoms. The summed E-state index contributed by atoms with van der Waals surface area (Å²) in [5.74, 6) is 0. The predicted molar refractivity (Wildman–Crippen MR) is 135 cm³/mol. The Morgan fingerprint density at radius 2 is 0.806 bits per heavy atom. The van der Waals surface area contributed by atoms with Crippen molar-refractivity contribution < 1.29 is 9.59 Å². The minimum atomic E-state index is -0.639. The Morgan fingerprint density at radius 3 is 1.19 bits per heavy atom. The molecule has 5 heterocycles. The Hall–Kier alpha value is -4.40. The zero-order valence-corrected chi connectivity index (χ0v) is 19.9. The first-order valence-corrected chi connectivity index (χ1v) is 11.3. The molecule has 36 heavy (non-hydrogen) atoms. The third-order valence-corrected chi connectivity index (χ3v) is 5.50. The first-order valence-electron chi connectivity index (χ1n) is 10.6. The van der Waals surface area contributed by atoms with Crippen LogP contribution in [0.25, 0.3) is 45.6 Å². The molecule has 0 aliphatic heterocycles. The Morgan fingerprint density at radius 1 is 0.472 bits per heavy atom. The van der Waals surface area contributed by atoms with Crippen LogP contribution >= 0.6 is 23.2 Å². The fraction of sp³-hybridized carbons (Fsp3) is 0. The molecule has 0 spiro atoms. The number of nitrogens with zero attached hydrogens (tertiary/aromatic N) is 6. The van der Waals surface area contributed by atoms with Gasteiger partial charge in [-0.2, -0.15) is 0 Å². The molecule has 0 unspecified atom stereocenters. The molecule has 0 bridgehead atoms. The van der Waals surface area contributed by atoms with Gasteiger partial charge in [-0.15, -0.1) is 0 Å². The van der Waals surface area contributed by atoms with E-state index in [4.69, 9.17) is 23.2 Å². The largest absolute Gasteiger partial charge is 0.274 e. The molecule has 0 aliphatic rings. The molecule has 5 rings (SSSR count). The fourth-order valence-corrected chi connectivity index (χ4v) is 3.66. The van der Waals surface area contributed by atoms with Crippen molar-refractivity contribution in [3.05, 3.63) is 96.6 Å². The number of rotatable bonds is 6. The van der Waals surface area contributed by atoms with Gasteiger partial charge in [0.15, 0.2) is 0 Å². The monoisotopic (exact) mass is 512 g/mol. The molecule has 0 atom stereocenters. The average molecular weight is 513 g/mol. The summed E-state index contributed by atoms with van der Waals surface area (Å²) in [6.07, 6.45) is 1.43. The van der Waals surface area contributed by atoms with Crippen LogP contribution in [0.4, 0.5) is 0 Å². The van der Waals surface area contributed by atoms with E-state index in [9.17, 15) is 9.59 Å². The highest BCUT2D eigenvalue weighted by molar-refractivity contribution is 6.67. The lowest BCUT2D eigenvalue weighted by Crippen LogP contribution is -1.98. The average Bonchev–Trinajstić information content (AvgIpc) is 2.93. The quantitative estimate of drug-likeness (QED) is 0.275. The summed E-state index contributed by atoms with van der Waals surface area (Å²) in [5.41, 5.74) is 4.77. The Labute approximate surface area is 215 Å². The molecule has 0 N–H and O–H groups in total. The smallest absolute Gasteiger partial charge is 0.270 e. The van der Waals surface area contributed by atoms with E-state index in [-0.39, 0.29) is 11.4 Å². The lowest BCUT2D eigenvalue weighted by Gasteiger charge is -2.07. The molecule has 0 amide bonds. The topological polar surface area (TPSA) is 111 Å². The van der Waals surface area contributed by atoms with Gasteiger partial charge in [-0.25, -0.2) is 29.9 Å². The molecular formula is C26H14Cl2N6O2. The van der Waals surface area contributed by atoms with Crippen molar-refractivity contribution in [2.45, 2.75) is 0 Å². The van der Waals surface area contributed by atoms with Gasteiger partial charge >= 0.3 is 0 Å². The minimum absolute atomic E-state index is 0.145. The minimum Gasteiger partial charge on any atom is -0.274 e. The van der Waals surface area contributed by atoms with Gasteiger partial charge in [0.2, 0.25) is 0 Å². The van der Waals surface area contributed by atoms with Gasteiger partial charge in [0, 0.05) is 0 Å². The van der Waals surface area contributed by atoms with Crippen molar-refractivity contribution in [3.8, 4) is 45.6 Å². The second kappa shape index (κ2) is 10.1. The first kappa shape index (κ1) is 23.3. The molecule has 174 valence electrons. The van der Waals surface area contributed by atoms with Crippen LogP contribution in [-0.2, 0) is 0 Å². The number of pyridine rings is 4. The van der Waals surface area contributed by atoms with Crippen LogP contribution in [0.1, 0.15) is 21.0 Å². The second-order valence-electron chi connectivity index (χ2n) is 7.47. The van der Waals surface area contributed by atoms with Crippen LogP contribution in [0, 0.1) is 0 Å². The van der Waals surface area contributed by atoms with Crippen molar-refractivity contribution in [3.63, 3.8) is 0 Å². The van der Waals surface area contributed by atoms with E-state index in [0.29, 0.717) is 45.6 Å². The van der Waals surface area contributed by atoms with Gasteiger partial charge < -0.3 is 0 Å². The molecule has 0 saturated carbocycles. The van der Waals surface area contributed by atoms with Crippen LogP contribution in [0.2, 0.25) is 0 Å². The normalized spacial score (nSPS) is 10.7. The van der Waals surface area contributed by atoms with E-state index in [0.717, 1.165) is 0 Å². The zero-order valence-electron chi connectivity index (χ0n) is 18.3. The molecule has 0 aromatic carbocycles. The highest BCUT2D eigenvalue weighted by atomic mass is 35.5. The van der Waals surface area contributed by atoms with Gasteiger partial charge in [-0.1, -0.05) is 24.3 Å². The summed E-state index contributed by atoms with van der Waals surface area (Å²) in [4.78, 5) is 49.6. The number of aromatic nitrogens is 6. The van der Waals surface area contributed by atoms with Crippen molar-refractivity contribution in [2.75, 3.05) is 0 Å². The van der Waals surface area contributed by atoms with Crippen molar-refractivity contribution in [1.82, 2.24) is 29.9 Å². The lowest BCUT2D eigenvalue weighted by molar-refractivity contribution is 0.106. The number of hydrogen-bond acceptors (Lipinski definition) is 8.